The second-order valence-corrected chi connectivity index (χ2v) is 7.18. The highest BCUT2D eigenvalue weighted by atomic mass is 16.2. The number of benzene rings is 1. The molecule has 1 aromatic rings. The molecule has 0 radical (unpaired) electrons. The maximum Gasteiger partial charge on any atom is 0.241 e. The Kier molecular flexibility index (Phi) is 8.42. The van der Waals surface area contributed by atoms with Gasteiger partial charge >= 0.3 is 0 Å². The maximum atomic E-state index is 13.0. The number of carbonyl (C=O) groups is 2. The molecular formula is C21H31N5O2. The first kappa shape index (κ1) is 21.9. The van der Waals surface area contributed by atoms with E-state index in [-0.39, 0.29) is 11.8 Å². The van der Waals surface area contributed by atoms with Crippen molar-refractivity contribution in [3.8, 4) is 6.07 Å². The van der Waals surface area contributed by atoms with Crippen molar-refractivity contribution in [2.75, 3.05) is 57.3 Å². The molecule has 1 aliphatic rings. The van der Waals surface area contributed by atoms with E-state index in [1.54, 1.807) is 4.90 Å². The van der Waals surface area contributed by atoms with Gasteiger partial charge < -0.3 is 10.2 Å². The molecule has 1 aromatic carbocycles. The first-order valence-corrected chi connectivity index (χ1v) is 9.91. The third kappa shape index (κ3) is 6.04. The van der Waals surface area contributed by atoms with Crippen molar-refractivity contribution in [1.29, 1.82) is 5.26 Å². The van der Waals surface area contributed by atoms with Gasteiger partial charge in [0.2, 0.25) is 11.8 Å². The summed E-state index contributed by atoms with van der Waals surface area (Å²) < 4.78 is 0. The molecule has 7 heteroatoms. The Balaban J connectivity index is 1.96. The van der Waals surface area contributed by atoms with Crippen LogP contribution in [0.1, 0.15) is 24.5 Å². The highest BCUT2D eigenvalue weighted by Crippen LogP contribution is 2.23. The summed E-state index contributed by atoms with van der Waals surface area (Å²) in [6, 6.07) is 8.07. The Bertz CT molecular complexity index is 720. The van der Waals surface area contributed by atoms with Crippen LogP contribution < -0.4 is 10.2 Å². The number of nitrogens with one attached hydrogen (secondary N) is 1. The molecule has 28 heavy (non-hydrogen) atoms. The van der Waals surface area contributed by atoms with Crippen LogP contribution in [-0.4, -0.2) is 74.0 Å². The van der Waals surface area contributed by atoms with Crippen LogP contribution in [-0.2, 0) is 9.59 Å². The lowest BCUT2D eigenvalue weighted by Crippen LogP contribution is -2.52. The lowest BCUT2D eigenvalue weighted by atomic mass is 10.1. The van der Waals surface area contributed by atoms with Crippen LogP contribution >= 0.6 is 0 Å². The normalized spacial score (nSPS) is 15.1. The third-order valence-electron chi connectivity index (χ3n) is 5.18. The average Bonchev–Trinajstić information content (AvgIpc) is 2.67. The summed E-state index contributed by atoms with van der Waals surface area (Å²) in [5.41, 5.74) is 3.09. The Hall–Kier alpha value is -2.43. The number of rotatable bonds is 8. The van der Waals surface area contributed by atoms with Crippen molar-refractivity contribution in [3.63, 3.8) is 0 Å². The van der Waals surface area contributed by atoms with E-state index in [9.17, 15) is 9.59 Å². The molecule has 1 saturated heterocycles. The first-order valence-electron chi connectivity index (χ1n) is 9.91. The van der Waals surface area contributed by atoms with Gasteiger partial charge in [0, 0.05) is 45.0 Å². The quantitative estimate of drug-likeness (QED) is 0.730. The van der Waals surface area contributed by atoms with Gasteiger partial charge in [-0.3, -0.25) is 19.4 Å². The zero-order chi connectivity index (χ0) is 20.5. The molecular weight excluding hydrogens is 354 g/mol. The van der Waals surface area contributed by atoms with Crippen molar-refractivity contribution < 1.29 is 9.59 Å². The Morgan fingerprint density at radius 1 is 1.14 bits per heavy atom. The van der Waals surface area contributed by atoms with Crippen LogP contribution in [0.4, 0.5) is 5.69 Å². The topological polar surface area (TPSA) is 79.7 Å². The summed E-state index contributed by atoms with van der Waals surface area (Å²) in [7, 11) is 0. The monoisotopic (exact) mass is 385 g/mol. The molecule has 2 amide bonds. The molecule has 2 rings (SSSR count). The van der Waals surface area contributed by atoms with E-state index in [2.05, 4.69) is 21.2 Å². The summed E-state index contributed by atoms with van der Waals surface area (Å²) in [5, 5.41) is 11.8. The number of likely N-dealkylation sites (N-methyl/N-ethyl adjacent to an activating group) is 1. The highest BCUT2D eigenvalue weighted by Gasteiger charge is 2.24. The molecule has 1 aliphatic heterocycles. The summed E-state index contributed by atoms with van der Waals surface area (Å²) >= 11 is 0. The Labute approximate surface area is 167 Å². The SMILES string of the molecule is CCNC(=O)CN1CCN(CC(=O)N(CCC#N)c2cccc(C)c2C)CC1. The van der Waals surface area contributed by atoms with E-state index in [1.807, 2.05) is 39.0 Å². The number of carbonyl (C=O) groups excluding carboxylic acids is 2. The molecule has 0 bridgehead atoms. The predicted octanol–water partition coefficient (Wildman–Crippen LogP) is 1.30. The second kappa shape index (κ2) is 10.8. The molecule has 0 atom stereocenters. The zero-order valence-corrected chi connectivity index (χ0v) is 17.2. The van der Waals surface area contributed by atoms with Gasteiger partial charge in [-0.1, -0.05) is 12.1 Å². The molecule has 152 valence electrons. The van der Waals surface area contributed by atoms with Gasteiger partial charge in [0.25, 0.3) is 0 Å². The molecule has 7 nitrogen and oxygen atoms in total. The smallest absolute Gasteiger partial charge is 0.241 e. The van der Waals surface area contributed by atoms with Crippen LogP contribution in [0.2, 0.25) is 0 Å². The van der Waals surface area contributed by atoms with Crippen molar-refractivity contribution in [2.24, 2.45) is 0 Å². The zero-order valence-electron chi connectivity index (χ0n) is 17.2. The molecule has 0 saturated carbocycles. The molecule has 0 spiro atoms. The number of hydrogen-bond acceptors (Lipinski definition) is 5. The number of aryl methyl sites for hydroxylation is 1. The van der Waals surface area contributed by atoms with Gasteiger partial charge in [0.15, 0.2) is 0 Å². The molecule has 0 unspecified atom stereocenters. The van der Waals surface area contributed by atoms with Crippen molar-refractivity contribution >= 4 is 17.5 Å². The Morgan fingerprint density at radius 2 is 1.79 bits per heavy atom. The second-order valence-electron chi connectivity index (χ2n) is 7.18. The molecule has 0 aliphatic carbocycles. The number of nitrogens with zero attached hydrogens (tertiary/aromatic N) is 4. The van der Waals surface area contributed by atoms with Gasteiger partial charge in [0.05, 0.1) is 25.6 Å². The van der Waals surface area contributed by atoms with E-state index in [0.717, 1.165) is 43.0 Å². The van der Waals surface area contributed by atoms with Crippen molar-refractivity contribution in [1.82, 2.24) is 15.1 Å². The van der Waals surface area contributed by atoms with Gasteiger partial charge in [0.1, 0.15) is 0 Å². The minimum absolute atomic E-state index is 0.0149. The number of hydrogen-bond donors (Lipinski definition) is 1. The number of anilines is 1. The summed E-state index contributed by atoms with van der Waals surface area (Å²) in [5.74, 6) is 0.0609. The summed E-state index contributed by atoms with van der Waals surface area (Å²) in [4.78, 5) is 30.7. The minimum Gasteiger partial charge on any atom is -0.355 e. The predicted molar refractivity (Wildman–Crippen MR) is 110 cm³/mol. The number of nitriles is 1. The minimum atomic E-state index is 0.0149. The molecule has 1 fully saturated rings. The lowest BCUT2D eigenvalue weighted by Gasteiger charge is -2.35. The van der Waals surface area contributed by atoms with E-state index in [1.165, 1.54) is 0 Å². The fourth-order valence-electron chi connectivity index (χ4n) is 3.41. The van der Waals surface area contributed by atoms with Gasteiger partial charge in [-0.25, -0.2) is 0 Å². The van der Waals surface area contributed by atoms with Crippen molar-refractivity contribution in [3.05, 3.63) is 29.3 Å². The summed E-state index contributed by atoms with van der Waals surface area (Å²) in [6.07, 6.45) is 0.305. The standard InChI is InChI=1S/C21H31N5O2/c1-4-23-20(27)15-24-11-13-25(14-12-24)16-21(28)26(10-6-9-22)19-8-5-7-17(2)18(19)3/h5,7-8H,4,6,10-16H2,1-3H3,(H,23,27). The van der Waals surface area contributed by atoms with Crippen LogP contribution in [0.15, 0.2) is 18.2 Å². The molecule has 0 aromatic heterocycles. The van der Waals surface area contributed by atoms with Crippen LogP contribution in [0, 0.1) is 25.2 Å². The van der Waals surface area contributed by atoms with Gasteiger partial charge in [-0.2, -0.15) is 5.26 Å². The van der Waals surface area contributed by atoms with Gasteiger partial charge in [-0.15, -0.1) is 0 Å². The number of piperazine rings is 1. The van der Waals surface area contributed by atoms with Gasteiger partial charge in [-0.05, 0) is 38.0 Å². The van der Waals surface area contributed by atoms with Crippen molar-refractivity contribution in [2.45, 2.75) is 27.2 Å². The van der Waals surface area contributed by atoms with E-state index < -0.39 is 0 Å². The first-order chi connectivity index (χ1) is 13.5. The fourth-order valence-corrected chi connectivity index (χ4v) is 3.41. The van der Waals surface area contributed by atoms with Crippen LogP contribution in [0.3, 0.4) is 0 Å². The highest BCUT2D eigenvalue weighted by molar-refractivity contribution is 5.95. The Morgan fingerprint density at radius 3 is 2.39 bits per heavy atom. The fraction of sp³-hybridized carbons (Fsp3) is 0.571. The maximum absolute atomic E-state index is 13.0. The molecule has 1 heterocycles. The lowest BCUT2D eigenvalue weighted by molar-refractivity contribution is -0.123. The average molecular weight is 386 g/mol. The van der Waals surface area contributed by atoms with Crippen LogP contribution in [0.5, 0.6) is 0 Å². The molecule has 1 N–H and O–H groups in total. The van der Waals surface area contributed by atoms with E-state index in [4.69, 9.17) is 5.26 Å². The van der Waals surface area contributed by atoms with Crippen LogP contribution in [0.25, 0.3) is 0 Å². The van der Waals surface area contributed by atoms with E-state index >= 15 is 0 Å². The van der Waals surface area contributed by atoms with E-state index in [0.29, 0.717) is 32.6 Å². The third-order valence-corrected chi connectivity index (χ3v) is 5.18. The number of amides is 2. The summed E-state index contributed by atoms with van der Waals surface area (Å²) in [6.45, 7) is 10.8. The largest absolute Gasteiger partial charge is 0.355 e.